The molecule has 1 amide bonds. The van der Waals surface area contributed by atoms with E-state index in [0.717, 1.165) is 35.6 Å². The molecule has 0 bridgehead atoms. The van der Waals surface area contributed by atoms with E-state index in [4.69, 9.17) is 0 Å². The molecular weight excluding hydrogens is 338 g/mol. The van der Waals surface area contributed by atoms with Gasteiger partial charge in [-0.2, -0.15) is 0 Å². The first-order valence-electron chi connectivity index (χ1n) is 6.99. The second kappa shape index (κ2) is 7.53. The second-order valence-corrected chi connectivity index (χ2v) is 5.98. The third kappa shape index (κ3) is 4.52. The first kappa shape index (κ1) is 15.9. The molecule has 4 N–H and O–H groups in total. The molecule has 2 rings (SSSR count). The highest BCUT2D eigenvalue weighted by Crippen LogP contribution is 2.21. The highest BCUT2D eigenvalue weighted by Gasteiger charge is 2.29. The van der Waals surface area contributed by atoms with Crippen LogP contribution in [0.4, 0.5) is 5.69 Å². The molecular formula is C14H19BrN3O3+. The van der Waals surface area contributed by atoms with E-state index in [-0.39, 0.29) is 12.3 Å². The predicted octanol–water partition coefficient (Wildman–Crippen LogP) is -2.64. The van der Waals surface area contributed by atoms with Gasteiger partial charge in [0.2, 0.25) is 5.91 Å². The van der Waals surface area contributed by atoms with Gasteiger partial charge in [0.05, 0.1) is 18.1 Å². The average Bonchev–Trinajstić information content (AvgIpc) is 2.48. The second-order valence-electron chi connectivity index (χ2n) is 5.13. The third-order valence-corrected chi connectivity index (χ3v) is 4.35. The quantitative estimate of drug-likeness (QED) is 0.538. The van der Waals surface area contributed by atoms with Gasteiger partial charge >= 0.3 is 0 Å². The molecule has 114 valence electrons. The zero-order valence-electron chi connectivity index (χ0n) is 11.6. The Bertz CT molecular complexity index is 518. The van der Waals surface area contributed by atoms with E-state index in [1.54, 1.807) is 6.07 Å². The number of benzene rings is 1. The van der Waals surface area contributed by atoms with E-state index >= 15 is 0 Å². The summed E-state index contributed by atoms with van der Waals surface area (Å²) in [5, 5.41) is 16.2. The molecule has 1 fully saturated rings. The van der Waals surface area contributed by atoms with Crippen LogP contribution in [0.2, 0.25) is 0 Å². The van der Waals surface area contributed by atoms with Crippen molar-refractivity contribution in [1.29, 1.82) is 0 Å². The summed E-state index contributed by atoms with van der Waals surface area (Å²) in [4.78, 5) is 24.3. The SMILES string of the molecule is O=C(C[C@H](C(=O)[O-])[NH+]1CC[NH2+]CC1)Nc1ccccc1Br. The highest BCUT2D eigenvalue weighted by atomic mass is 79.9. The Balaban J connectivity index is 1.98. The van der Waals surface area contributed by atoms with Crippen LogP contribution in [0.25, 0.3) is 0 Å². The van der Waals surface area contributed by atoms with Crippen molar-refractivity contribution in [2.24, 2.45) is 0 Å². The van der Waals surface area contributed by atoms with Crippen LogP contribution < -0.4 is 20.6 Å². The Hall–Kier alpha value is -1.44. The summed E-state index contributed by atoms with van der Waals surface area (Å²) in [6.45, 7) is 3.23. The van der Waals surface area contributed by atoms with Gasteiger partial charge in [-0.3, -0.25) is 4.79 Å². The monoisotopic (exact) mass is 356 g/mol. The number of carbonyl (C=O) groups is 2. The maximum atomic E-state index is 12.1. The van der Waals surface area contributed by atoms with Crippen LogP contribution in [0.15, 0.2) is 28.7 Å². The molecule has 0 saturated carbocycles. The Kier molecular flexibility index (Phi) is 5.72. The summed E-state index contributed by atoms with van der Waals surface area (Å²) in [5.41, 5.74) is 0.640. The number of carboxylic acid groups (broad SMARTS) is 1. The molecule has 0 spiro atoms. The molecule has 0 radical (unpaired) electrons. The minimum atomic E-state index is -1.16. The van der Waals surface area contributed by atoms with Gasteiger partial charge in [0.25, 0.3) is 0 Å². The van der Waals surface area contributed by atoms with Crippen molar-refractivity contribution in [3.63, 3.8) is 0 Å². The van der Waals surface area contributed by atoms with Gasteiger partial charge in [-0.05, 0) is 28.1 Å². The van der Waals surface area contributed by atoms with Crippen molar-refractivity contribution in [3.8, 4) is 0 Å². The van der Waals surface area contributed by atoms with E-state index in [0.29, 0.717) is 5.69 Å². The van der Waals surface area contributed by atoms with Crippen molar-refractivity contribution in [2.45, 2.75) is 12.5 Å². The number of carbonyl (C=O) groups excluding carboxylic acids is 2. The van der Waals surface area contributed by atoms with E-state index in [9.17, 15) is 14.7 Å². The zero-order valence-corrected chi connectivity index (χ0v) is 13.2. The topological polar surface area (TPSA) is 90.3 Å². The normalized spacial score (nSPS) is 17.2. The van der Waals surface area contributed by atoms with Gasteiger partial charge < -0.3 is 25.4 Å². The lowest BCUT2D eigenvalue weighted by molar-refractivity contribution is -0.961. The lowest BCUT2D eigenvalue weighted by atomic mass is 10.1. The van der Waals surface area contributed by atoms with Crippen molar-refractivity contribution >= 4 is 33.5 Å². The number of nitrogens with two attached hydrogens (primary N) is 1. The molecule has 1 aliphatic heterocycles. The zero-order chi connectivity index (χ0) is 15.2. The molecule has 21 heavy (non-hydrogen) atoms. The third-order valence-electron chi connectivity index (χ3n) is 3.65. The number of piperazine rings is 1. The number of nitrogens with one attached hydrogen (secondary N) is 2. The lowest BCUT2D eigenvalue weighted by Crippen LogP contribution is -3.24. The largest absolute Gasteiger partial charge is 0.544 e. The van der Waals surface area contributed by atoms with Crippen molar-refractivity contribution in [1.82, 2.24) is 0 Å². The van der Waals surface area contributed by atoms with Crippen molar-refractivity contribution in [2.75, 3.05) is 31.5 Å². The molecule has 1 aromatic carbocycles. The number of hydrogen-bond donors (Lipinski definition) is 3. The number of quaternary nitrogens is 2. The maximum absolute atomic E-state index is 12.1. The Morgan fingerprint density at radius 3 is 2.62 bits per heavy atom. The number of halogens is 1. The molecule has 1 aliphatic rings. The summed E-state index contributed by atoms with van der Waals surface area (Å²) in [6.07, 6.45) is -0.0704. The van der Waals surface area contributed by atoms with E-state index in [1.165, 1.54) is 0 Å². The van der Waals surface area contributed by atoms with Crippen LogP contribution in [0.5, 0.6) is 0 Å². The van der Waals surface area contributed by atoms with Gasteiger partial charge in [-0.1, -0.05) is 12.1 Å². The van der Waals surface area contributed by atoms with Gasteiger partial charge in [0.15, 0.2) is 0 Å². The maximum Gasteiger partial charge on any atom is 0.230 e. The van der Waals surface area contributed by atoms with Crippen molar-refractivity contribution < 1.29 is 24.9 Å². The first-order valence-corrected chi connectivity index (χ1v) is 7.78. The van der Waals surface area contributed by atoms with Crippen LogP contribution in [0.1, 0.15) is 6.42 Å². The van der Waals surface area contributed by atoms with Gasteiger partial charge in [0.1, 0.15) is 32.2 Å². The number of hydrogen-bond acceptors (Lipinski definition) is 3. The summed E-state index contributed by atoms with van der Waals surface area (Å²) >= 11 is 3.34. The van der Waals surface area contributed by atoms with Crippen LogP contribution in [0, 0.1) is 0 Å². The minimum Gasteiger partial charge on any atom is -0.544 e. The van der Waals surface area contributed by atoms with Crippen LogP contribution >= 0.6 is 15.9 Å². The van der Waals surface area contributed by atoms with Crippen LogP contribution in [-0.4, -0.2) is 44.1 Å². The molecule has 6 nitrogen and oxygen atoms in total. The number of rotatable bonds is 5. The van der Waals surface area contributed by atoms with Gasteiger partial charge in [-0.15, -0.1) is 0 Å². The van der Waals surface area contributed by atoms with Gasteiger partial charge in [-0.25, -0.2) is 0 Å². The van der Waals surface area contributed by atoms with Crippen LogP contribution in [-0.2, 0) is 9.59 Å². The summed E-state index contributed by atoms with van der Waals surface area (Å²) in [5.74, 6) is -1.47. The lowest BCUT2D eigenvalue weighted by Gasteiger charge is -2.30. The molecule has 7 heteroatoms. The molecule has 1 atom stereocenters. The Labute approximate surface area is 131 Å². The number of aliphatic carboxylic acids is 1. The number of carboxylic acids is 1. The van der Waals surface area contributed by atoms with Crippen molar-refractivity contribution in [3.05, 3.63) is 28.7 Å². The summed E-state index contributed by atoms with van der Waals surface area (Å²) in [7, 11) is 0. The summed E-state index contributed by atoms with van der Waals surface area (Å²) < 4.78 is 0.767. The molecule has 0 aromatic heterocycles. The fourth-order valence-electron chi connectivity index (χ4n) is 2.54. The Morgan fingerprint density at radius 2 is 2.00 bits per heavy atom. The van der Waals surface area contributed by atoms with Crippen LogP contribution in [0.3, 0.4) is 0 Å². The molecule has 1 aromatic rings. The van der Waals surface area contributed by atoms with E-state index < -0.39 is 12.0 Å². The van der Waals surface area contributed by atoms with E-state index in [1.807, 2.05) is 18.2 Å². The standard InChI is InChI=1S/C14H18BrN3O3/c15-10-3-1-2-4-11(10)17-13(19)9-12(14(20)21)18-7-5-16-6-8-18/h1-4,12,16H,5-9H2,(H,17,19)(H,20,21)/p+1/t12-/m1/s1. The molecule has 0 unspecified atom stereocenters. The molecule has 1 heterocycles. The fraction of sp³-hybridized carbons (Fsp3) is 0.429. The van der Waals surface area contributed by atoms with E-state index in [2.05, 4.69) is 26.6 Å². The molecule has 0 aliphatic carbocycles. The molecule has 1 saturated heterocycles. The number of para-hydroxylation sites is 1. The highest BCUT2D eigenvalue weighted by molar-refractivity contribution is 9.10. The predicted molar refractivity (Wildman–Crippen MR) is 78.5 cm³/mol. The minimum absolute atomic E-state index is 0.0704. The average molecular weight is 357 g/mol. The first-order chi connectivity index (χ1) is 10.1. The smallest absolute Gasteiger partial charge is 0.230 e. The van der Waals surface area contributed by atoms with Gasteiger partial charge in [0, 0.05) is 4.47 Å². The number of anilines is 1. The summed E-state index contributed by atoms with van der Waals surface area (Å²) in [6, 6.07) is 6.44. The Morgan fingerprint density at radius 1 is 1.33 bits per heavy atom. The number of amides is 1. The fourth-order valence-corrected chi connectivity index (χ4v) is 2.92.